The van der Waals surface area contributed by atoms with Gasteiger partial charge in [0.1, 0.15) is 0 Å². The fourth-order valence-electron chi connectivity index (χ4n) is 2.29. The van der Waals surface area contributed by atoms with Crippen LogP contribution in [0.4, 0.5) is 5.69 Å². The molecule has 0 heterocycles. The van der Waals surface area contributed by atoms with E-state index in [-0.39, 0.29) is 10.8 Å². The van der Waals surface area contributed by atoms with Crippen LogP contribution in [0.15, 0.2) is 59.5 Å². The minimum Gasteiger partial charge on any atom is -0.352 e. The zero-order chi connectivity index (χ0) is 18.4. The molecule has 0 saturated heterocycles. The van der Waals surface area contributed by atoms with Crippen LogP contribution < -0.4 is 9.62 Å². The number of benzene rings is 2. The molecule has 0 atom stereocenters. The number of hydrogen-bond acceptors (Lipinski definition) is 3. The van der Waals surface area contributed by atoms with Gasteiger partial charge in [-0.05, 0) is 48.7 Å². The molecule has 0 saturated carbocycles. The molecule has 1 N–H and O–H groups in total. The first-order valence-electron chi connectivity index (χ1n) is 8.24. The van der Waals surface area contributed by atoms with E-state index >= 15 is 0 Å². The summed E-state index contributed by atoms with van der Waals surface area (Å²) in [7, 11) is -2.12. The van der Waals surface area contributed by atoms with Crippen molar-refractivity contribution in [2.45, 2.75) is 25.2 Å². The number of nitrogens with one attached hydrogen (secondary N) is 1. The third-order valence-corrected chi connectivity index (χ3v) is 5.70. The van der Waals surface area contributed by atoms with Crippen molar-refractivity contribution in [3.05, 3.63) is 60.2 Å². The normalized spacial score (nSPS) is 11.4. The molecule has 5 nitrogen and oxygen atoms in total. The van der Waals surface area contributed by atoms with E-state index in [9.17, 15) is 13.2 Å². The molecule has 0 aromatic heterocycles. The van der Waals surface area contributed by atoms with Crippen LogP contribution in [-0.4, -0.2) is 27.9 Å². The number of sulfonamides is 1. The maximum Gasteiger partial charge on any atom is 0.264 e. The highest BCUT2D eigenvalue weighted by Gasteiger charge is 2.21. The minimum atomic E-state index is -3.62. The lowest BCUT2D eigenvalue weighted by Crippen LogP contribution is -2.27. The molecule has 0 aliphatic rings. The second-order valence-corrected chi connectivity index (χ2v) is 8.24. The summed E-state index contributed by atoms with van der Waals surface area (Å²) in [5, 5.41) is 2.86. The Kier molecular flexibility index (Phi) is 6.20. The van der Waals surface area contributed by atoms with Gasteiger partial charge < -0.3 is 5.32 Å². The SMILES string of the molecule is CC(C)CCNC(=O)c1ccc(N(C)S(=O)(=O)c2ccccc2)cc1. The van der Waals surface area contributed by atoms with Gasteiger partial charge in [-0.2, -0.15) is 0 Å². The lowest BCUT2D eigenvalue weighted by molar-refractivity contribution is 0.0952. The van der Waals surface area contributed by atoms with Crippen LogP contribution in [-0.2, 0) is 10.0 Å². The largest absolute Gasteiger partial charge is 0.352 e. The molecule has 0 unspecified atom stereocenters. The summed E-state index contributed by atoms with van der Waals surface area (Å²) in [6.07, 6.45) is 0.919. The topological polar surface area (TPSA) is 66.5 Å². The number of carbonyl (C=O) groups is 1. The summed E-state index contributed by atoms with van der Waals surface area (Å²) in [5.74, 6) is 0.375. The molecule has 0 aliphatic carbocycles. The Morgan fingerprint density at radius 3 is 2.20 bits per heavy atom. The van der Waals surface area contributed by atoms with Gasteiger partial charge in [0.25, 0.3) is 15.9 Å². The third kappa shape index (κ3) is 4.82. The molecule has 0 aliphatic heterocycles. The van der Waals surface area contributed by atoms with Crippen molar-refractivity contribution in [1.29, 1.82) is 0 Å². The van der Waals surface area contributed by atoms with Crippen molar-refractivity contribution < 1.29 is 13.2 Å². The minimum absolute atomic E-state index is 0.152. The molecule has 6 heteroatoms. The Labute approximate surface area is 149 Å². The van der Waals surface area contributed by atoms with Gasteiger partial charge in [-0.15, -0.1) is 0 Å². The average molecular weight is 360 g/mol. The van der Waals surface area contributed by atoms with Crippen molar-refractivity contribution in [2.24, 2.45) is 5.92 Å². The van der Waals surface area contributed by atoms with Crippen LogP contribution >= 0.6 is 0 Å². The van der Waals surface area contributed by atoms with Gasteiger partial charge in [-0.1, -0.05) is 32.0 Å². The molecular formula is C19H24N2O3S. The average Bonchev–Trinajstić information content (AvgIpc) is 2.61. The first-order chi connectivity index (χ1) is 11.8. The first kappa shape index (κ1) is 19.0. The zero-order valence-electron chi connectivity index (χ0n) is 14.8. The van der Waals surface area contributed by atoms with Gasteiger partial charge in [-0.25, -0.2) is 8.42 Å². The zero-order valence-corrected chi connectivity index (χ0v) is 15.6. The Morgan fingerprint density at radius 1 is 1.04 bits per heavy atom. The van der Waals surface area contributed by atoms with E-state index in [1.165, 1.54) is 11.4 Å². The van der Waals surface area contributed by atoms with Crippen molar-refractivity contribution in [3.63, 3.8) is 0 Å². The Bertz CT molecular complexity index is 800. The monoisotopic (exact) mass is 360 g/mol. The molecular weight excluding hydrogens is 336 g/mol. The van der Waals surface area contributed by atoms with Gasteiger partial charge in [0.15, 0.2) is 0 Å². The first-order valence-corrected chi connectivity index (χ1v) is 9.68. The Hall–Kier alpha value is -2.34. The molecule has 25 heavy (non-hydrogen) atoms. The second-order valence-electron chi connectivity index (χ2n) is 6.27. The fraction of sp³-hybridized carbons (Fsp3) is 0.316. The summed E-state index contributed by atoms with van der Waals surface area (Å²) in [4.78, 5) is 12.3. The van der Waals surface area contributed by atoms with Crippen LogP contribution in [0.2, 0.25) is 0 Å². The predicted octanol–water partition coefficient (Wildman–Crippen LogP) is 3.29. The van der Waals surface area contributed by atoms with E-state index < -0.39 is 10.0 Å². The molecule has 2 aromatic rings. The van der Waals surface area contributed by atoms with Crippen LogP contribution in [0, 0.1) is 5.92 Å². The summed E-state index contributed by atoms with van der Waals surface area (Å²) < 4.78 is 26.4. The smallest absolute Gasteiger partial charge is 0.264 e. The van der Waals surface area contributed by atoms with E-state index in [4.69, 9.17) is 0 Å². The summed E-state index contributed by atoms with van der Waals surface area (Å²) >= 11 is 0. The predicted molar refractivity (Wildman–Crippen MR) is 100 cm³/mol. The van der Waals surface area contributed by atoms with Gasteiger partial charge in [-0.3, -0.25) is 9.10 Å². The van der Waals surface area contributed by atoms with Crippen LogP contribution in [0.3, 0.4) is 0 Å². The lowest BCUT2D eigenvalue weighted by Gasteiger charge is -2.19. The highest BCUT2D eigenvalue weighted by atomic mass is 32.2. The number of anilines is 1. The van der Waals surface area contributed by atoms with Crippen molar-refractivity contribution in [1.82, 2.24) is 5.32 Å². The number of hydrogen-bond donors (Lipinski definition) is 1. The van der Waals surface area contributed by atoms with Gasteiger partial charge in [0.05, 0.1) is 10.6 Å². The number of rotatable bonds is 7. The molecule has 0 fully saturated rings. The third-order valence-electron chi connectivity index (χ3n) is 3.90. The standard InChI is InChI=1S/C19H24N2O3S/c1-15(2)13-14-20-19(22)16-9-11-17(12-10-16)21(3)25(23,24)18-7-5-4-6-8-18/h4-12,15H,13-14H2,1-3H3,(H,20,22). The summed E-state index contributed by atoms with van der Waals surface area (Å²) in [5.41, 5.74) is 1.01. The van der Waals surface area contributed by atoms with E-state index in [2.05, 4.69) is 19.2 Å². The highest BCUT2D eigenvalue weighted by molar-refractivity contribution is 7.92. The summed E-state index contributed by atoms with van der Waals surface area (Å²) in [6, 6.07) is 14.8. The number of nitrogens with zero attached hydrogens (tertiary/aromatic N) is 1. The molecule has 0 spiro atoms. The van der Waals surface area contributed by atoms with E-state index in [0.29, 0.717) is 23.7 Å². The molecule has 0 radical (unpaired) electrons. The van der Waals surface area contributed by atoms with Gasteiger partial charge >= 0.3 is 0 Å². The van der Waals surface area contributed by atoms with Crippen LogP contribution in [0.1, 0.15) is 30.6 Å². The lowest BCUT2D eigenvalue weighted by atomic mass is 10.1. The fourth-order valence-corrected chi connectivity index (χ4v) is 3.51. The van der Waals surface area contributed by atoms with Crippen LogP contribution in [0.5, 0.6) is 0 Å². The van der Waals surface area contributed by atoms with Crippen molar-refractivity contribution >= 4 is 21.6 Å². The quantitative estimate of drug-likeness (QED) is 0.824. The van der Waals surface area contributed by atoms with Crippen molar-refractivity contribution in [3.8, 4) is 0 Å². The maximum absolute atomic E-state index is 12.6. The molecule has 134 valence electrons. The Morgan fingerprint density at radius 2 is 1.64 bits per heavy atom. The van der Waals surface area contributed by atoms with Crippen LogP contribution in [0.25, 0.3) is 0 Å². The molecule has 2 aromatic carbocycles. The molecule has 1 amide bonds. The van der Waals surface area contributed by atoms with Gasteiger partial charge in [0, 0.05) is 19.2 Å². The molecule has 2 rings (SSSR count). The number of amides is 1. The molecule has 0 bridgehead atoms. The Balaban J connectivity index is 2.10. The van der Waals surface area contributed by atoms with E-state index in [0.717, 1.165) is 6.42 Å². The van der Waals surface area contributed by atoms with Crippen molar-refractivity contribution in [2.75, 3.05) is 17.9 Å². The summed E-state index contributed by atoms with van der Waals surface area (Å²) in [6.45, 7) is 4.83. The number of carbonyl (C=O) groups excluding carboxylic acids is 1. The second kappa shape index (κ2) is 8.16. The highest BCUT2D eigenvalue weighted by Crippen LogP contribution is 2.22. The maximum atomic E-state index is 12.6. The van der Waals surface area contributed by atoms with E-state index in [1.54, 1.807) is 54.6 Å². The van der Waals surface area contributed by atoms with E-state index in [1.807, 2.05) is 0 Å². The van der Waals surface area contributed by atoms with Gasteiger partial charge in [0.2, 0.25) is 0 Å².